The normalized spacial score (nSPS) is 16.9. The number of carbonyl (C=O) groups excluding carboxylic acids is 3. The van der Waals surface area contributed by atoms with Crippen molar-refractivity contribution in [2.24, 2.45) is 0 Å². The Hall–Kier alpha value is -5.25. The number of nitro benzene ring substituents is 1. The first-order valence-corrected chi connectivity index (χ1v) is 10.5. The molecule has 2 aliphatic heterocycles. The number of benzene rings is 3. The maximum absolute atomic E-state index is 13.0. The van der Waals surface area contributed by atoms with Crippen molar-refractivity contribution < 1.29 is 19.3 Å². The number of nitro groups is 1. The average molecular weight is 467 g/mol. The molecule has 5 rings (SSSR count). The molecule has 35 heavy (non-hydrogen) atoms. The summed E-state index contributed by atoms with van der Waals surface area (Å²) in [6, 6.07) is 19.8. The van der Waals surface area contributed by atoms with Gasteiger partial charge in [-0.05, 0) is 35.4 Å². The van der Waals surface area contributed by atoms with Crippen LogP contribution in [0.3, 0.4) is 0 Å². The fourth-order valence-corrected chi connectivity index (χ4v) is 3.86. The van der Waals surface area contributed by atoms with Crippen LogP contribution in [0.5, 0.6) is 0 Å². The summed E-state index contributed by atoms with van der Waals surface area (Å²) in [6.07, 6.45) is 1.54. The molecule has 4 amide bonds. The summed E-state index contributed by atoms with van der Waals surface area (Å²) in [4.78, 5) is 46.8. The molecule has 4 N–H and O–H groups in total. The summed E-state index contributed by atoms with van der Waals surface area (Å²) in [7, 11) is 0. The molecule has 10 heteroatoms. The van der Waals surface area contributed by atoms with E-state index in [9.17, 15) is 24.5 Å². The lowest BCUT2D eigenvalue weighted by molar-refractivity contribution is -0.384. The van der Waals surface area contributed by atoms with Gasteiger partial charge in [0.2, 0.25) is 0 Å². The topological polar surface area (TPSA) is 142 Å². The lowest BCUT2D eigenvalue weighted by atomic mass is 9.99. The van der Waals surface area contributed by atoms with Crippen LogP contribution in [0, 0.1) is 10.1 Å². The van der Waals surface area contributed by atoms with Gasteiger partial charge < -0.3 is 16.0 Å². The second kappa shape index (κ2) is 8.60. The zero-order valence-corrected chi connectivity index (χ0v) is 18.0. The molecule has 2 heterocycles. The van der Waals surface area contributed by atoms with Crippen LogP contribution in [0.1, 0.15) is 16.7 Å². The van der Waals surface area contributed by atoms with Crippen LogP contribution < -0.4 is 21.3 Å². The smallest absolute Gasteiger partial charge is 0.326 e. The highest BCUT2D eigenvalue weighted by Crippen LogP contribution is 2.39. The SMILES string of the molecule is O=C1NC(=O)/C(=C\c2ccc(N/C(=C3\C(=O)Nc4ccc([N+](=O)[O-])cc43)c3ccccc3)cc2)N1. The van der Waals surface area contributed by atoms with Gasteiger partial charge in [0.15, 0.2) is 0 Å². The van der Waals surface area contributed by atoms with Gasteiger partial charge in [-0.1, -0.05) is 42.5 Å². The highest BCUT2D eigenvalue weighted by atomic mass is 16.6. The third-order valence-corrected chi connectivity index (χ3v) is 5.48. The third kappa shape index (κ3) is 4.23. The lowest BCUT2D eigenvalue weighted by Gasteiger charge is -2.15. The lowest BCUT2D eigenvalue weighted by Crippen LogP contribution is -2.22. The number of nitrogens with one attached hydrogen (secondary N) is 4. The Morgan fingerprint density at radius 3 is 2.26 bits per heavy atom. The number of rotatable bonds is 5. The number of imide groups is 1. The van der Waals surface area contributed by atoms with E-state index in [2.05, 4.69) is 21.3 Å². The minimum absolute atomic E-state index is 0.120. The Bertz CT molecular complexity index is 1460. The Labute approximate surface area is 198 Å². The van der Waals surface area contributed by atoms with Gasteiger partial charge in [-0.15, -0.1) is 0 Å². The minimum atomic E-state index is -0.575. The number of non-ortho nitro benzene ring substituents is 1. The fraction of sp³-hybridized carbons (Fsp3) is 0. The van der Waals surface area contributed by atoms with E-state index in [4.69, 9.17) is 0 Å². The van der Waals surface area contributed by atoms with Crippen LogP contribution in [-0.4, -0.2) is 22.8 Å². The van der Waals surface area contributed by atoms with Crippen molar-refractivity contribution in [2.75, 3.05) is 10.6 Å². The average Bonchev–Trinajstić information content (AvgIpc) is 3.35. The molecule has 0 atom stereocenters. The zero-order chi connectivity index (χ0) is 24.5. The van der Waals surface area contributed by atoms with E-state index in [-0.39, 0.29) is 22.9 Å². The molecule has 0 saturated carbocycles. The Kier molecular flexibility index (Phi) is 5.30. The van der Waals surface area contributed by atoms with E-state index < -0.39 is 16.9 Å². The molecule has 0 aromatic heterocycles. The number of anilines is 2. The Morgan fingerprint density at radius 1 is 0.857 bits per heavy atom. The first kappa shape index (κ1) is 21.6. The monoisotopic (exact) mass is 467 g/mol. The number of amides is 4. The van der Waals surface area contributed by atoms with Gasteiger partial charge in [-0.2, -0.15) is 0 Å². The predicted octanol–water partition coefficient (Wildman–Crippen LogP) is 3.71. The van der Waals surface area contributed by atoms with Gasteiger partial charge in [0.05, 0.1) is 16.2 Å². The summed E-state index contributed by atoms with van der Waals surface area (Å²) in [5.74, 6) is -0.885. The van der Waals surface area contributed by atoms with Crippen LogP contribution in [-0.2, 0) is 9.59 Å². The second-order valence-electron chi connectivity index (χ2n) is 7.77. The first-order valence-electron chi connectivity index (χ1n) is 10.5. The Balaban J connectivity index is 1.55. The van der Waals surface area contributed by atoms with Crippen LogP contribution in [0.15, 0.2) is 78.5 Å². The molecule has 2 aliphatic rings. The van der Waals surface area contributed by atoms with E-state index >= 15 is 0 Å². The van der Waals surface area contributed by atoms with Crippen LogP contribution in [0.25, 0.3) is 17.3 Å². The summed E-state index contributed by atoms with van der Waals surface area (Å²) in [6.45, 7) is 0. The fourth-order valence-electron chi connectivity index (χ4n) is 3.86. The molecule has 10 nitrogen and oxygen atoms in total. The van der Waals surface area contributed by atoms with E-state index in [1.54, 1.807) is 30.3 Å². The molecule has 0 bridgehead atoms. The number of hydrogen-bond donors (Lipinski definition) is 4. The molecular formula is C25H17N5O5. The molecule has 0 aliphatic carbocycles. The molecule has 1 fully saturated rings. The van der Waals surface area contributed by atoms with Gasteiger partial charge in [0, 0.05) is 29.1 Å². The van der Waals surface area contributed by atoms with E-state index in [0.717, 1.165) is 0 Å². The van der Waals surface area contributed by atoms with E-state index in [0.29, 0.717) is 33.8 Å². The van der Waals surface area contributed by atoms with Crippen LogP contribution in [0.2, 0.25) is 0 Å². The molecule has 3 aromatic carbocycles. The molecule has 0 radical (unpaired) electrons. The summed E-state index contributed by atoms with van der Waals surface area (Å²) in [5, 5.41) is 21.9. The molecule has 0 spiro atoms. The van der Waals surface area contributed by atoms with Gasteiger partial charge in [0.25, 0.3) is 17.5 Å². The van der Waals surface area contributed by atoms with Crippen LogP contribution in [0.4, 0.5) is 21.9 Å². The molecular weight excluding hydrogens is 450 g/mol. The summed E-state index contributed by atoms with van der Waals surface area (Å²) < 4.78 is 0. The van der Waals surface area contributed by atoms with Gasteiger partial charge in [-0.25, -0.2) is 4.79 Å². The second-order valence-corrected chi connectivity index (χ2v) is 7.77. The van der Waals surface area contributed by atoms with Crippen molar-refractivity contribution in [3.63, 3.8) is 0 Å². The summed E-state index contributed by atoms with van der Waals surface area (Å²) in [5.41, 5.74) is 3.75. The van der Waals surface area contributed by atoms with Crippen molar-refractivity contribution in [1.29, 1.82) is 0 Å². The van der Waals surface area contributed by atoms with E-state index in [1.165, 1.54) is 18.2 Å². The zero-order valence-electron chi connectivity index (χ0n) is 18.0. The highest BCUT2D eigenvalue weighted by Gasteiger charge is 2.30. The Morgan fingerprint density at radius 2 is 1.60 bits per heavy atom. The molecule has 3 aromatic rings. The highest BCUT2D eigenvalue weighted by molar-refractivity contribution is 6.37. The van der Waals surface area contributed by atoms with Gasteiger partial charge in [-0.3, -0.25) is 25.0 Å². The number of fused-ring (bicyclic) bond motifs is 1. The van der Waals surface area contributed by atoms with Crippen LogP contribution >= 0.6 is 0 Å². The number of urea groups is 1. The molecule has 172 valence electrons. The van der Waals surface area contributed by atoms with Crippen molar-refractivity contribution in [3.05, 3.63) is 105 Å². The third-order valence-electron chi connectivity index (χ3n) is 5.48. The predicted molar refractivity (Wildman–Crippen MR) is 130 cm³/mol. The molecule has 0 unspecified atom stereocenters. The van der Waals surface area contributed by atoms with Gasteiger partial charge >= 0.3 is 6.03 Å². The standard InChI is InChI=1S/C25H17N5O5/c31-23-20(28-25(33)29-23)12-14-6-8-16(9-7-14)26-22(15-4-2-1-3-5-15)21-18-13-17(30(34)35)10-11-19(18)27-24(21)32/h1-13,26H,(H,27,32)(H2,28,29,31,33)/b20-12+,22-21-. The van der Waals surface area contributed by atoms with E-state index in [1.807, 2.05) is 30.3 Å². The summed E-state index contributed by atoms with van der Waals surface area (Å²) >= 11 is 0. The number of hydrogen-bond acceptors (Lipinski definition) is 6. The quantitative estimate of drug-likeness (QED) is 0.195. The van der Waals surface area contributed by atoms with Crippen molar-refractivity contribution >= 4 is 52.3 Å². The van der Waals surface area contributed by atoms with Gasteiger partial charge in [0.1, 0.15) is 5.70 Å². The first-order chi connectivity index (χ1) is 16.9. The largest absolute Gasteiger partial charge is 0.354 e. The van der Waals surface area contributed by atoms with Crippen molar-refractivity contribution in [3.8, 4) is 0 Å². The molecule has 1 saturated heterocycles. The maximum Gasteiger partial charge on any atom is 0.326 e. The number of nitrogens with zero attached hydrogens (tertiary/aromatic N) is 1. The number of carbonyl (C=O) groups is 3. The van der Waals surface area contributed by atoms with Crippen molar-refractivity contribution in [2.45, 2.75) is 0 Å². The minimum Gasteiger partial charge on any atom is -0.354 e. The maximum atomic E-state index is 13.0. The van der Waals surface area contributed by atoms with Crippen molar-refractivity contribution in [1.82, 2.24) is 10.6 Å².